The van der Waals surface area contributed by atoms with Crippen molar-refractivity contribution < 1.29 is 14.7 Å². The van der Waals surface area contributed by atoms with Crippen LogP contribution in [0.15, 0.2) is 29.1 Å². The van der Waals surface area contributed by atoms with Gasteiger partial charge < -0.3 is 32.5 Å². The van der Waals surface area contributed by atoms with Crippen LogP contribution in [0.1, 0.15) is 28.8 Å². The van der Waals surface area contributed by atoms with Gasteiger partial charge in [-0.25, -0.2) is 4.79 Å². The first-order valence-electron chi connectivity index (χ1n) is 10.1. The SMILES string of the molecule is NCCC[C@H](NC(=O)c1ccc(NCC2CNc3nc(N)[nH]c(=O)c3C2)cc1)C(=O)O. The number of nitrogens with one attached hydrogen (secondary N) is 4. The summed E-state index contributed by atoms with van der Waals surface area (Å²) in [6.45, 7) is 1.62. The van der Waals surface area contributed by atoms with Crippen LogP contribution in [0.5, 0.6) is 0 Å². The van der Waals surface area contributed by atoms with Gasteiger partial charge in [-0.2, -0.15) is 4.98 Å². The monoisotopic (exact) mass is 429 g/mol. The molecule has 3 rings (SSSR count). The molecule has 1 aromatic heterocycles. The van der Waals surface area contributed by atoms with Crippen LogP contribution < -0.4 is 33.0 Å². The molecule has 0 saturated heterocycles. The van der Waals surface area contributed by atoms with Gasteiger partial charge in [-0.3, -0.25) is 14.6 Å². The molecule has 2 atom stereocenters. The number of anilines is 3. The van der Waals surface area contributed by atoms with Crippen molar-refractivity contribution in [2.75, 3.05) is 36.0 Å². The maximum absolute atomic E-state index is 12.3. The van der Waals surface area contributed by atoms with Crippen LogP contribution >= 0.6 is 0 Å². The Labute approximate surface area is 178 Å². The van der Waals surface area contributed by atoms with E-state index in [0.29, 0.717) is 49.4 Å². The van der Waals surface area contributed by atoms with Gasteiger partial charge in [-0.1, -0.05) is 0 Å². The average molecular weight is 429 g/mol. The molecular weight excluding hydrogens is 402 g/mol. The Morgan fingerprint density at radius 2 is 2.03 bits per heavy atom. The van der Waals surface area contributed by atoms with E-state index in [4.69, 9.17) is 11.5 Å². The number of aliphatic carboxylic acids is 1. The summed E-state index contributed by atoms with van der Waals surface area (Å²) in [5, 5.41) is 18.2. The molecule has 9 N–H and O–H groups in total. The maximum Gasteiger partial charge on any atom is 0.326 e. The summed E-state index contributed by atoms with van der Waals surface area (Å²) in [6.07, 6.45) is 1.36. The van der Waals surface area contributed by atoms with E-state index in [1.165, 1.54) is 0 Å². The molecule has 1 aliphatic heterocycles. The number of fused-ring (bicyclic) bond motifs is 1. The molecule has 0 bridgehead atoms. The Balaban J connectivity index is 1.54. The second-order valence-corrected chi connectivity index (χ2v) is 7.48. The zero-order chi connectivity index (χ0) is 22.4. The van der Waals surface area contributed by atoms with E-state index in [2.05, 4.69) is 25.9 Å². The Hall–Kier alpha value is -3.60. The number of nitrogen functional groups attached to an aromatic ring is 1. The number of H-pyrrole nitrogens is 1. The highest BCUT2D eigenvalue weighted by Gasteiger charge is 2.23. The van der Waals surface area contributed by atoms with Crippen LogP contribution in [0.4, 0.5) is 17.5 Å². The first-order valence-corrected chi connectivity index (χ1v) is 10.1. The number of nitrogens with two attached hydrogens (primary N) is 2. The molecule has 11 nitrogen and oxygen atoms in total. The summed E-state index contributed by atoms with van der Waals surface area (Å²) in [5.41, 5.74) is 12.5. The van der Waals surface area contributed by atoms with Gasteiger partial charge in [-0.15, -0.1) is 0 Å². The van der Waals surface area contributed by atoms with Crippen LogP contribution in [0.2, 0.25) is 0 Å². The number of aromatic nitrogens is 2. The molecule has 0 fully saturated rings. The minimum Gasteiger partial charge on any atom is -0.480 e. The Bertz CT molecular complexity index is 990. The lowest BCUT2D eigenvalue weighted by atomic mass is 9.96. The zero-order valence-corrected chi connectivity index (χ0v) is 17.0. The molecule has 0 spiro atoms. The standard InChI is InChI=1S/C20H27N7O4/c21-7-1-2-15(19(30)31)25-17(28)12-3-5-13(6-4-12)23-9-11-8-14-16(24-10-11)26-20(22)27-18(14)29/h3-6,11,15,23H,1-2,7-10,21H2,(H,25,28)(H,30,31)(H4,22,24,26,27,29)/t11?,15-/m0/s1. The van der Waals surface area contributed by atoms with E-state index in [9.17, 15) is 19.5 Å². The average Bonchev–Trinajstić information content (AvgIpc) is 2.75. The minimum absolute atomic E-state index is 0.0889. The van der Waals surface area contributed by atoms with Crippen molar-refractivity contribution in [1.29, 1.82) is 0 Å². The van der Waals surface area contributed by atoms with E-state index >= 15 is 0 Å². The number of benzene rings is 1. The van der Waals surface area contributed by atoms with Gasteiger partial charge in [0.05, 0.1) is 5.56 Å². The van der Waals surface area contributed by atoms with Gasteiger partial charge in [0.25, 0.3) is 11.5 Å². The van der Waals surface area contributed by atoms with Crippen molar-refractivity contribution in [3.05, 3.63) is 45.7 Å². The van der Waals surface area contributed by atoms with Gasteiger partial charge >= 0.3 is 5.97 Å². The fourth-order valence-electron chi connectivity index (χ4n) is 3.42. The number of nitrogens with zero attached hydrogens (tertiary/aromatic N) is 1. The molecule has 0 aliphatic carbocycles. The Morgan fingerprint density at radius 3 is 2.71 bits per heavy atom. The van der Waals surface area contributed by atoms with Crippen LogP contribution in [0, 0.1) is 5.92 Å². The molecule has 0 radical (unpaired) electrons. The van der Waals surface area contributed by atoms with Crippen molar-refractivity contribution in [2.45, 2.75) is 25.3 Å². The smallest absolute Gasteiger partial charge is 0.326 e. The number of hydrogen-bond acceptors (Lipinski definition) is 8. The number of rotatable bonds is 9. The highest BCUT2D eigenvalue weighted by atomic mass is 16.4. The van der Waals surface area contributed by atoms with Crippen LogP contribution in [0.25, 0.3) is 0 Å². The molecule has 1 aliphatic rings. The third kappa shape index (κ3) is 5.72. The van der Waals surface area contributed by atoms with E-state index in [0.717, 1.165) is 5.69 Å². The number of amides is 1. The fourth-order valence-corrected chi connectivity index (χ4v) is 3.42. The number of carboxylic acid groups (broad SMARTS) is 1. The molecule has 31 heavy (non-hydrogen) atoms. The van der Waals surface area contributed by atoms with Crippen molar-refractivity contribution in [1.82, 2.24) is 15.3 Å². The molecule has 2 heterocycles. The predicted molar refractivity (Wildman–Crippen MR) is 117 cm³/mol. The summed E-state index contributed by atoms with van der Waals surface area (Å²) < 4.78 is 0. The third-order valence-corrected chi connectivity index (χ3v) is 5.13. The van der Waals surface area contributed by atoms with Crippen LogP contribution in [-0.4, -0.2) is 52.6 Å². The number of carbonyl (C=O) groups is 2. The summed E-state index contributed by atoms with van der Waals surface area (Å²) in [6, 6.07) is 5.80. The topological polar surface area (TPSA) is 188 Å². The number of carbonyl (C=O) groups excluding carboxylic acids is 1. The van der Waals surface area contributed by atoms with Crippen molar-refractivity contribution in [3.8, 4) is 0 Å². The van der Waals surface area contributed by atoms with Crippen LogP contribution in [0.3, 0.4) is 0 Å². The molecule has 166 valence electrons. The minimum atomic E-state index is -1.08. The first-order chi connectivity index (χ1) is 14.9. The molecule has 1 amide bonds. The number of aromatic amines is 1. The summed E-state index contributed by atoms with van der Waals surface area (Å²) >= 11 is 0. The Kier molecular flexibility index (Phi) is 7.08. The van der Waals surface area contributed by atoms with E-state index in [-0.39, 0.29) is 23.8 Å². The summed E-state index contributed by atoms with van der Waals surface area (Å²) in [4.78, 5) is 42.3. The third-order valence-electron chi connectivity index (χ3n) is 5.13. The van der Waals surface area contributed by atoms with Gasteiger partial charge in [-0.05, 0) is 56.0 Å². The van der Waals surface area contributed by atoms with Gasteiger partial charge in [0.1, 0.15) is 11.9 Å². The molecule has 1 unspecified atom stereocenters. The predicted octanol–water partition coefficient (Wildman–Crippen LogP) is -0.0297. The quantitative estimate of drug-likeness (QED) is 0.287. The molecule has 1 aromatic carbocycles. The van der Waals surface area contributed by atoms with Gasteiger partial charge in [0.2, 0.25) is 5.95 Å². The largest absolute Gasteiger partial charge is 0.480 e. The highest BCUT2D eigenvalue weighted by Crippen LogP contribution is 2.20. The fraction of sp³-hybridized carbons (Fsp3) is 0.400. The lowest BCUT2D eigenvalue weighted by Crippen LogP contribution is -2.41. The molecule has 2 aromatic rings. The maximum atomic E-state index is 12.3. The van der Waals surface area contributed by atoms with Gasteiger partial charge in [0, 0.05) is 24.3 Å². The van der Waals surface area contributed by atoms with Crippen LogP contribution in [-0.2, 0) is 11.2 Å². The summed E-state index contributed by atoms with van der Waals surface area (Å²) in [7, 11) is 0. The number of hydrogen-bond donors (Lipinski definition) is 7. The van der Waals surface area contributed by atoms with E-state index < -0.39 is 17.9 Å². The second kappa shape index (κ2) is 9.94. The van der Waals surface area contributed by atoms with E-state index in [1.54, 1.807) is 24.3 Å². The first kappa shape index (κ1) is 22.1. The van der Waals surface area contributed by atoms with Crippen molar-refractivity contribution in [2.24, 2.45) is 11.7 Å². The lowest BCUT2D eigenvalue weighted by Gasteiger charge is -2.25. The van der Waals surface area contributed by atoms with Gasteiger partial charge in [0.15, 0.2) is 0 Å². The normalized spacial score (nSPS) is 16.0. The number of carboxylic acids is 1. The Morgan fingerprint density at radius 1 is 1.29 bits per heavy atom. The highest BCUT2D eigenvalue weighted by molar-refractivity contribution is 5.96. The molecular formula is C20H27N7O4. The van der Waals surface area contributed by atoms with E-state index in [1.807, 2.05) is 0 Å². The summed E-state index contributed by atoms with van der Waals surface area (Å²) in [5.74, 6) is -0.750. The zero-order valence-electron chi connectivity index (χ0n) is 17.0. The molecule has 0 saturated carbocycles. The molecule has 11 heteroatoms. The lowest BCUT2D eigenvalue weighted by molar-refractivity contribution is -0.139. The van der Waals surface area contributed by atoms with Crippen molar-refractivity contribution >= 4 is 29.3 Å². The second-order valence-electron chi connectivity index (χ2n) is 7.48. The van der Waals surface area contributed by atoms with Crippen molar-refractivity contribution in [3.63, 3.8) is 0 Å².